The number of hydrogen-bond donors (Lipinski definition) is 2. The van der Waals surface area contributed by atoms with Crippen LogP contribution in [0.1, 0.15) is 11.1 Å². The van der Waals surface area contributed by atoms with Gasteiger partial charge in [0.2, 0.25) is 5.95 Å². The number of alkyl halides is 3. The molecule has 0 aliphatic heterocycles. The third-order valence-electron chi connectivity index (χ3n) is 2.92. The summed E-state index contributed by atoms with van der Waals surface area (Å²) < 4.78 is 58.5. The summed E-state index contributed by atoms with van der Waals surface area (Å²) >= 11 is 0. The lowest BCUT2D eigenvalue weighted by Crippen LogP contribution is -2.14. The number of nitrogens with zero attached hydrogens (tertiary/aromatic N) is 3. The van der Waals surface area contributed by atoms with Crippen LogP contribution in [0.4, 0.5) is 29.3 Å². The van der Waals surface area contributed by atoms with E-state index >= 15 is 0 Å². The molecule has 0 amide bonds. The van der Waals surface area contributed by atoms with Crippen LogP contribution in [0, 0.1) is 17.1 Å². The van der Waals surface area contributed by atoms with E-state index in [4.69, 9.17) is 21.5 Å². The number of ether oxygens (including phenoxy) is 1. The molecule has 1 aromatic carbocycles. The summed E-state index contributed by atoms with van der Waals surface area (Å²) in [4.78, 5) is 7.12. The summed E-state index contributed by atoms with van der Waals surface area (Å²) in [6.07, 6.45) is -5.06. The number of nitrogens with two attached hydrogens (primary N) is 2. The van der Waals surface area contributed by atoms with Crippen LogP contribution in [0.2, 0.25) is 0 Å². The van der Waals surface area contributed by atoms with Gasteiger partial charge < -0.3 is 16.2 Å². The molecule has 0 saturated heterocycles. The highest BCUT2D eigenvalue weighted by Crippen LogP contribution is 2.44. The van der Waals surface area contributed by atoms with Crippen LogP contribution in [0.15, 0.2) is 12.1 Å². The first-order valence-corrected chi connectivity index (χ1v) is 5.97. The van der Waals surface area contributed by atoms with Gasteiger partial charge in [-0.15, -0.1) is 0 Å². The van der Waals surface area contributed by atoms with Crippen LogP contribution in [0.25, 0.3) is 11.3 Å². The SMILES string of the molecule is COc1ccc(F)c(C(F)(F)F)c1-c1nc(N)nc(N)c1C#N. The lowest BCUT2D eigenvalue weighted by atomic mass is 9.98. The van der Waals surface area contributed by atoms with Gasteiger partial charge in [0.25, 0.3) is 0 Å². The minimum Gasteiger partial charge on any atom is -0.496 e. The molecule has 2 aromatic rings. The fourth-order valence-corrected chi connectivity index (χ4v) is 2.03. The minimum absolute atomic E-state index is 0.340. The van der Waals surface area contributed by atoms with Crippen molar-refractivity contribution in [2.24, 2.45) is 0 Å². The Hall–Kier alpha value is -3.09. The lowest BCUT2D eigenvalue weighted by Gasteiger charge is -2.17. The molecule has 120 valence electrons. The molecule has 0 unspecified atom stereocenters. The van der Waals surface area contributed by atoms with Crippen molar-refractivity contribution in [2.45, 2.75) is 6.18 Å². The Labute approximate surface area is 127 Å². The summed E-state index contributed by atoms with van der Waals surface area (Å²) in [6.45, 7) is 0. The normalized spacial score (nSPS) is 11.1. The van der Waals surface area contributed by atoms with E-state index in [0.29, 0.717) is 6.07 Å². The number of nitrogen functional groups attached to an aromatic ring is 2. The maximum atomic E-state index is 13.8. The molecular formula is C13H9F4N5O. The van der Waals surface area contributed by atoms with E-state index in [-0.39, 0.29) is 5.75 Å². The largest absolute Gasteiger partial charge is 0.496 e. The van der Waals surface area contributed by atoms with Crippen molar-refractivity contribution in [1.29, 1.82) is 5.26 Å². The molecule has 4 N–H and O–H groups in total. The van der Waals surface area contributed by atoms with Crippen molar-refractivity contribution in [3.8, 4) is 23.1 Å². The molecule has 10 heteroatoms. The van der Waals surface area contributed by atoms with Crippen LogP contribution < -0.4 is 16.2 Å². The first-order valence-electron chi connectivity index (χ1n) is 5.97. The fourth-order valence-electron chi connectivity index (χ4n) is 2.03. The van der Waals surface area contributed by atoms with Crippen LogP contribution >= 0.6 is 0 Å². The van der Waals surface area contributed by atoms with E-state index in [2.05, 4.69) is 9.97 Å². The van der Waals surface area contributed by atoms with Gasteiger partial charge >= 0.3 is 6.18 Å². The molecule has 0 spiro atoms. The number of methoxy groups -OCH3 is 1. The quantitative estimate of drug-likeness (QED) is 0.819. The second-order valence-corrected chi connectivity index (χ2v) is 4.30. The number of halogens is 4. The molecule has 0 aliphatic carbocycles. The first-order chi connectivity index (χ1) is 10.7. The molecular weight excluding hydrogens is 318 g/mol. The summed E-state index contributed by atoms with van der Waals surface area (Å²) in [6, 6.07) is 3.17. The Morgan fingerprint density at radius 3 is 2.39 bits per heavy atom. The average molecular weight is 327 g/mol. The molecule has 0 bridgehead atoms. The number of rotatable bonds is 2. The minimum atomic E-state index is -5.06. The maximum Gasteiger partial charge on any atom is 0.420 e. The highest BCUT2D eigenvalue weighted by atomic mass is 19.4. The molecule has 0 fully saturated rings. The van der Waals surface area contributed by atoms with Crippen molar-refractivity contribution in [2.75, 3.05) is 18.6 Å². The van der Waals surface area contributed by atoms with Crippen LogP contribution in [-0.2, 0) is 6.18 Å². The Bertz CT molecular complexity index is 813. The number of anilines is 2. The van der Waals surface area contributed by atoms with Crippen molar-refractivity contribution >= 4 is 11.8 Å². The van der Waals surface area contributed by atoms with Gasteiger partial charge in [-0.25, -0.2) is 9.37 Å². The van der Waals surface area contributed by atoms with Gasteiger partial charge in [-0.3, -0.25) is 0 Å². The summed E-state index contributed by atoms with van der Waals surface area (Å²) in [5, 5.41) is 9.11. The van der Waals surface area contributed by atoms with Crippen molar-refractivity contribution in [1.82, 2.24) is 9.97 Å². The van der Waals surface area contributed by atoms with E-state index in [9.17, 15) is 17.6 Å². The molecule has 23 heavy (non-hydrogen) atoms. The van der Waals surface area contributed by atoms with E-state index in [0.717, 1.165) is 13.2 Å². The Kier molecular flexibility index (Phi) is 3.97. The highest BCUT2D eigenvalue weighted by molar-refractivity contribution is 5.80. The predicted octanol–water partition coefficient (Wildman–Crippen LogP) is 2.35. The van der Waals surface area contributed by atoms with Crippen molar-refractivity contribution in [3.05, 3.63) is 29.1 Å². The molecule has 0 atom stereocenters. The van der Waals surface area contributed by atoms with Gasteiger partial charge in [-0.05, 0) is 12.1 Å². The molecule has 1 aromatic heterocycles. The van der Waals surface area contributed by atoms with Gasteiger partial charge in [0.05, 0.1) is 12.7 Å². The monoisotopic (exact) mass is 327 g/mol. The summed E-state index contributed by atoms with van der Waals surface area (Å²) in [5.41, 5.74) is 7.45. The molecule has 0 radical (unpaired) electrons. The first kappa shape index (κ1) is 16.3. The zero-order chi connectivity index (χ0) is 17.4. The Morgan fingerprint density at radius 1 is 1.22 bits per heavy atom. The molecule has 1 heterocycles. The van der Waals surface area contributed by atoms with Crippen LogP contribution in [0.5, 0.6) is 5.75 Å². The maximum absolute atomic E-state index is 13.8. The van der Waals surface area contributed by atoms with Gasteiger partial charge in [0.1, 0.15) is 40.3 Å². The molecule has 0 saturated carbocycles. The standard InChI is InChI=1S/C13H9F4N5O/c1-23-7-3-2-6(14)9(13(15,16)17)8(7)10-5(4-18)11(19)22-12(20)21-10/h2-3H,1H3,(H4,19,20,21,22). The molecule has 6 nitrogen and oxygen atoms in total. The number of hydrogen-bond acceptors (Lipinski definition) is 6. The van der Waals surface area contributed by atoms with Crippen LogP contribution in [0.3, 0.4) is 0 Å². The Balaban J connectivity index is 3.00. The Morgan fingerprint density at radius 2 is 1.87 bits per heavy atom. The van der Waals surface area contributed by atoms with Gasteiger partial charge in [-0.1, -0.05) is 0 Å². The van der Waals surface area contributed by atoms with Crippen molar-refractivity contribution < 1.29 is 22.3 Å². The summed E-state index contributed by atoms with van der Waals surface area (Å²) in [7, 11) is 1.09. The fraction of sp³-hybridized carbons (Fsp3) is 0.154. The zero-order valence-corrected chi connectivity index (χ0v) is 11.6. The predicted molar refractivity (Wildman–Crippen MR) is 72.5 cm³/mol. The van der Waals surface area contributed by atoms with Gasteiger partial charge in [0.15, 0.2) is 0 Å². The third kappa shape index (κ3) is 2.80. The lowest BCUT2D eigenvalue weighted by molar-refractivity contribution is -0.139. The second-order valence-electron chi connectivity index (χ2n) is 4.30. The molecule has 2 rings (SSSR count). The van der Waals surface area contributed by atoms with E-state index < -0.39 is 46.1 Å². The zero-order valence-electron chi connectivity index (χ0n) is 11.6. The van der Waals surface area contributed by atoms with E-state index in [1.807, 2.05) is 0 Å². The van der Waals surface area contributed by atoms with E-state index in [1.54, 1.807) is 6.07 Å². The smallest absolute Gasteiger partial charge is 0.420 e. The number of aromatic nitrogens is 2. The average Bonchev–Trinajstić information content (AvgIpc) is 2.44. The number of nitriles is 1. The second kappa shape index (κ2) is 5.60. The third-order valence-corrected chi connectivity index (χ3v) is 2.92. The molecule has 0 aliphatic rings. The summed E-state index contributed by atoms with van der Waals surface area (Å²) in [5.74, 6) is -2.77. The van der Waals surface area contributed by atoms with E-state index in [1.165, 1.54) is 0 Å². The number of benzene rings is 1. The van der Waals surface area contributed by atoms with Crippen molar-refractivity contribution in [3.63, 3.8) is 0 Å². The highest BCUT2D eigenvalue weighted by Gasteiger charge is 2.40. The van der Waals surface area contributed by atoms with Gasteiger partial charge in [-0.2, -0.15) is 23.4 Å². The topological polar surface area (TPSA) is 111 Å². The van der Waals surface area contributed by atoms with Gasteiger partial charge in [0, 0.05) is 0 Å². The van der Waals surface area contributed by atoms with Crippen LogP contribution in [-0.4, -0.2) is 17.1 Å².